The summed E-state index contributed by atoms with van der Waals surface area (Å²) in [6.07, 6.45) is 0. The van der Waals surface area contributed by atoms with Crippen LogP contribution in [0.5, 0.6) is 0 Å². The monoisotopic (exact) mass is 198 g/mol. The molecule has 0 atom stereocenters. The molecule has 0 rings (SSSR count). The number of rotatable bonds is 0. The first-order chi connectivity index (χ1) is 1.00. The van der Waals surface area contributed by atoms with Crippen molar-refractivity contribution in [2.45, 2.75) is 0 Å². The minimum Gasteiger partial charge on any atom is -1.00 e. The van der Waals surface area contributed by atoms with E-state index in [4.69, 9.17) is 5.11 Å². The van der Waals surface area contributed by atoms with Crippen LogP contribution in [0.25, 0.3) is 0 Å². The van der Waals surface area contributed by atoms with Crippen molar-refractivity contribution < 1.29 is 80.5 Å². The van der Waals surface area contributed by atoms with E-state index in [0.717, 1.165) is 7.11 Å². The van der Waals surface area contributed by atoms with Crippen molar-refractivity contribution in [1.82, 2.24) is 0 Å². The van der Waals surface area contributed by atoms with Gasteiger partial charge in [0, 0.05) is 7.11 Å². The van der Waals surface area contributed by atoms with E-state index in [-0.39, 0.29) is 75.4 Å². The van der Waals surface area contributed by atoms with Crippen molar-refractivity contribution in [2.75, 3.05) is 7.11 Å². The van der Waals surface area contributed by atoms with Gasteiger partial charge in [0.2, 0.25) is 0 Å². The maximum Gasteiger partial charge on any atom is 1.00 e. The summed E-state index contributed by atoms with van der Waals surface area (Å²) in [6.45, 7) is 0. The number of halogens is 1. The van der Waals surface area contributed by atoms with E-state index in [1.165, 1.54) is 0 Å². The fourth-order valence-electron chi connectivity index (χ4n) is 0. The molecule has 0 amide bonds. The minimum absolute atomic E-state index is 0. The molecular formula is CH4IKO. The standard InChI is InChI=1S/CH4O.HI.K/c1-2;;/h2H,1H3;1H;/q;;+1/p-1. The number of aliphatic hydroxyl groups is 1. The van der Waals surface area contributed by atoms with Crippen LogP contribution >= 0.6 is 0 Å². The molecule has 1 nitrogen and oxygen atoms in total. The van der Waals surface area contributed by atoms with Gasteiger partial charge in [-0.1, -0.05) is 0 Å². The molecule has 22 valence electrons. The van der Waals surface area contributed by atoms with Crippen molar-refractivity contribution in [2.24, 2.45) is 0 Å². The topological polar surface area (TPSA) is 20.2 Å². The van der Waals surface area contributed by atoms with Crippen LogP contribution < -0.4 is 75.4 Å². The van der Waals surface area contributed by atoms with E-state index in [9.17, 15) is 0 Å². The molecule has 0 aliphatic carbocycles. The predicted octanol–water partition coefficient (Wildman–Crippen LogP) is -6.38. The molecule has 0 saturated heterocycles. The summed E-state index contributed by atoms with van der Waals surface area (Å²) >= 11 is 0. The van der Waals surface area contributed by atoms with Gasteiger partial charge < -0.3 is 29.1 Å². The van der Waals surface area contributed by atoms with E-state index in [0.29, 0.717) is 0 Å². The normalized spacial score (nSPS) is 1.50. The number of hydrogen-bond acceptors (Lipinski definition) is 1. The van der Waals surface area contributed by atoms with Crippen LogP contribution in [0.2, 0.25) is 0 Å². The van der Waals surface area contributed by atoms with E-state index >= 15 is 0 Å². The fourth-order valence-corrected chi connectivity index (χ4v) is 0. The Balaban J connectivity index is -0.00000000500. The summed E-state index contributed by atoms with van der Waals surface area (Å²) in [5.41, 5.74) is 0. The van der Waals surface area contributed by atoms with Crippen molar-refractivity contribution in [3.8, 4) is 0 Å². The molecule has 0 aromatic carbocycles. The third kappa shape index (κ3) is 8.85. The van der Waals surface area contributed by atoms with Crippen LogP contribution in [0.3, 0.4) is 0 Å². The molecule has 0 radical (unpaired) electrons. The fraction of sp³-hybridized carbons (Fsp3) is 1.00. The van der Waals surface area contributed by atoms with Crippen LogP contribution in [0, 0.1) is 0 Å². The molecule has 1 N–H and O–H groups in total. The summed E-state index contributed by atoms with van der Waals surface area (Å²) in [7, 11) is 1.00. The molecule has 0 aromatic rings. The molecule has 3 heteroatoms. The summed E-state index contributed by atoms with van der Waals surface area (Å²) < 4.78 is 0. The number of hydrogen-bond donors (Lipinski definition) is 1. The van der Waals surface area contributed by atoms with E-state index in [1.807, 2.05) is 0 Å². The first-order valence-corrected chi connectivity index (χ1v) is 0.447. The maximum absolute atomic E-state index is 7.00. The van der Waals surface area contributed by atoms with Gasteiger partial charge >= 0.3 is 51.4 Å². The summed E-state index contributed by atoms with van der Waals surface area (Å²) in [5.74, 6) is 0. The minimum atomic E-state index is 0. The Kier molecular flexibility index (Phi) is 74.7. The van der Waals surface area contributed by atoms with Gasteiger partial charge in [0.15, 0.2) is 0 Å². The molecular weight excluding hydrogens is 194 g/mol. The third-order valence-electron chi connectivity index (χ3n) is 0. The van der Waals surface area contributed by atoms with Gasteiger partial charge in [0.25, 0.3) is 0 Å². The SMILES string of the molecule is CO.[I-].[K+]. The van der Waals surface area contributed by atoms with Gasteiger partial charge in [-0.05, 0) is 0 Å². The Morgan fingerprint density at radius 2 is 1.25 bits per heavy atom. The number of aliphatic hydroxyl groups excluding tert-OH is 1. The molecule has 0 bridgehead atoms. The maximum atomic E-state index is 7.00. The van der Waals surface area contributed by atoms with Crippen LogP contribution in [-0.2, 0) is 0 Å². The molecule has 4 heavy (non-hydrogen) atoms. The van der Waals surface area contributed by atoms with E-state index in [2.05, 4.69) is 0 Å². The molecule has 0 aromatic heterocycles. The Bertz CT molecular complexity index is 8.00. The summed E-state index contributed by atoms with van der Waals surface area (Å²) in [4.78, 5) is 0. The first-order valence-electron chi connectivity index (χ1n) is 0.447. The average Bonchev–Trinajstić information content (AvgIpc) is 1.00. The Labute approximate surface area is 85.6 Å². The Morgan fingerprint density at radius 1 is 1.25 bits per heavy atom. The molecule has 0 spiro atoms. The third-order valence-corrected chi connectivity index (χ3v) is 0. The van der Waals surface area contributed by atoms with Gasteiger partial charge in [-0.15, -0.1) is 0 Å². The molecule has 0 aliphatic rings. The molecule has 0 saturated carbocycles. The zero-order chi connectivity index (χ0) is 2.00. The average molecular weight is 198 g/mol. The molecule has 0 unspecified atom stereocenters. The molecule has 0 heterocycles. The van der Waals surface area contributed by atoms with E-state index < -0.39 is 0 Å². The van der Waals surface area contributed by atoms with Gasteiger partial charge in [-0.3, -0.25) is 0 Å². The van der Waals surface area contributed by atoms with Crippen molar-refractivity contribution in [3.63, 3.8) is 0 Å². The molecule has 0 fully saturated rings. The van der Waals surface area contributed by atoms with Gasteiger partial charge in [-0.25, -0.2) is 0 Å². The summed E-state index contributed by atoms with van der Waals surface area (Å²) in [5, 5.41) is 7.00. The smallest absolute Gasteiger partial charge is 1.00 e. The second-order valence-electron chi connectivity index (χ2n) is 0. The Morgan fingerprint density at radius 3 is 1.25 bits per heavy atom. The van der Waals surface area contributed by atoms with Gasteiger partial charge in [-0.2, -0.15) is 0 Å². The predicted molar refractivity (Wildman–Crippen MR) is 8.14 cm³/mol. The molecule has 0 aliphatic heterocycles. The van der Waals surface area contributed by atoms with Gasteiger partial charge in [0.05, 0.1) is 0 Å². The van der Waals surface area contributed by atoms with Crippen molar-refractivity contribution in [3.05, 3.63) is 0 Å². The zero-order valence-corrected chi connectivity index (χ0v) is 8.11. The van der Waals surface area contributed by atoms with Gasteiger partial charge in [0.1, 0.15) is 0 Å². The quantitative estimate of drug-likeness (QED) is 0.303. The van der Waals surface area contributed by atoms with Crippen molar-refractivity contribution in [1.29, 1.82) is 0 Å². The second kappa shape index (κ2) is 18.4. The van der Waals surface area contributed by atoms with Crippen LogP contribution in [0.4, 0.5) is 0 Å². The first kappa shape index (κ1) is 16.2. The van der Waals surface area contributed by atoms with Crippen LogP contribution in [0.15, 0.2) is 0 Å². The van der Waals surface area contributed by atoms with E-state index in [1.54, 1.807) is 0 Å². The van der Waals surface area contributed by atoms with Crippen LogP contribution in [0.1, 0.15) is 0 Å². The largest absolute Gasteiger partial charge is 1.00 e. The summed E-state index contributed by atoms with van der Waals surface area (Å²) in [6, 6.07) is 0. The van der Waals surface area contributed by atoms with Crippen LogP contribution in [-0.4, -0.2) is 12.2 Å². The zero-order valence-electron chi connectivity index (χ0n) is 2.83. The Hall–Kier alpha value is 2.33. The van der Waals surface area contributed by atoms with Crippen molar-refractivity contribution >= 4 is 0 Å². The second-order valence-corrected chi connectivity index (χ2v) is 0.